The largest absolute Gasteiger partial charge is 0.452 e. The summed E-state index contributed by atoms with van der Waals surface area (Å²) in [4.78, 5) is 41.8. The first-order valence-electron chi connectivity index (χ1n) is 9.72. The highest BCUT2D eigenvalue weighted by Gasteiger charge is 2.16. The molecule has 0 fully saturated rings. The molecule has 0 aliphatic rings. The van der Waals surface area contributed by atoms with Gasteiger partial charge in [0.05, 0.1) is 17.8 Å². The van der Waals surface area contributed by atoms with Gasteiger partial charge in [-0.2, -0.15) is 5.10 Å². The Balaban J connectivity index is 1.48. The predicted molar refractivity (Wildman–Crippen MR) is 114 cm³/mol. The van der Waals surface area contributed by atoms with E-state index in [4.69, 9.17) is 4.74 Å². The lowest BCUT2D eigenvalue weighted by Gasteiger charge is -2.17. The van der Waals surface area contributed by atoms with Crippen LogP contribution in [-0.4, -0.2) is 57.6 Å². The van der Waals surface area contributed by atoms with Gasteiger partial charge < -0.3 is 15.0 Å². The summed E-state index contributed by atoms with van der Waals surface area (Å²) in [7, 11) is 1.48. The topological polar surface area (TPSA) is 106 Å². The first kappa shape index (κ1) is 21.7. The van der Waals surface area contributed by atoms with Crippen LogP contribution in [0, 0.1) is 0 Å². The smallest absolute Gasteiger partial charge is 0.338 e. The lowest BCUT2D eigenvalue weighted by atomic mass is 10.1. The minimum absolute atomic E-state index is 0.152. The van der Waals surface area contributed by atoms with E-state index in [9.17, 15) is 14.4 Å². The summed E-state index contributed by atoms with van der Waals surface area (Å²) in [6.45, 7) is 1.39. The number of nitrogens with zero attached hydrogens (tertiary/aromatic N) is 4. The number of nitrogens with one attached hydrogen (secondary N) is 1. The molecule has 160 valence electrons. The Morgan fingerprint density at radius 1 is 1.10 bits per heavy atom. The molecule has 0 saturated heterocycles. The van der Waals surface area contributed by atoms with Crippen molar-refractivity contribution in [1.29, 1.82) is 0 Å². The molecule has 1 N–H and O–H groups in total. The number of ether oxygens (including phenoxy) is 1. The van der Waals surface area contributed by atoms with Gasteiger partial charge in [-0.05, 0) is 42.3 Å². The number of aryl methyl sites for hydroxylation is 1. The van der Waals surface area contributed by atoms with Crippen molar-refractivity contribution >= 4 is 23.5 Å². The van der Waals surface area contributed by atoms with Crippen molar-refractivity contribution in [1.82, 2.24) is 19.7 Å². The minimum Gasteiger partial charge on any atom is -0.452 e. The maximum absolute atomic E-state index is 12.3. The molecule has 3 aromatic rings. The number of amides is 2. The van der Waals surface area contributed by atoms with Crippen LogP contribution >= 0.6 is 0 Å². The van der Waals surface area contributed by atoms with E-state index in [0.717, 1.165) is 23.4 Å². The van der Waals surface area contributed by atoms with Gasteiger partial charge in [-0.1, -0.05) is 25.1 Å². The van der Waals surface area contributed by atoms with Crippen molar-refractivity contribution in [3.05, 3.63) is 72.3 Å². The summed E-state index contributed by atoms with van der Waals surface area (Å²) in [5.41, 5.74) is 2.76. The second kappa shape index (κ2) is 10.1. The average Bonchev–Trinajstić information content (AvgIpc) is 3.32. The number of anilines is 1. The van der Waals surface area contributed by atoms with E-state index in [1.807, 2.05) is 31.2 Å². The molecular weight excluding hydrogens is 398 g/mol. The number of esters is 1. The van der Waals surface area contributed by atoms with Gasteiger partial charge in [-0.25, -0.2) is 14.5 Å². The van der Waals surface area contributed by atoms with E-state index in [0.29, 0.717) is 5.56 Å². The second-order valence-electron chi connectivity index (χ2n) is 6.77. The molecule has 1 heterocycles. The van der Waals surface area contributed by atoms with Crippen LogP contribution in [0.1, 0.15) is 22.8 Å². The summed E-state index contributed by atoms with van der Waals surface area (Å²) in [6.07, 6.45) is 3.73. The highest BCUT2D eigenvalue weighted by Crippen LogP contribution is 2.15. The molecule has 0 spiro atoms. The standard InChI is InChI=1S/C22H23N5O4/c1-3-16-6-4-5-7-19(16)25-20(28)12-26(2)21(29)13-31-22(30)17-8-10-18(11-9-17)27-15-23-14-24-27/h4-11,14-15H,3,12-13H2,1-2H3,(H,25,28). The average molecular weight is 421 g/mol. The normalized spacial score (nSPS) is 10.4. The zero-order chi connectivity index (χ0) is 22.2. The highest BCUT2D eigenvalue weighted by atomic mass is 16.5. The molecule has 2 aromatic carbocycles. The zero-order valence-electron chi connectivity index (χ0n) is 17.3. The van der Waals surface area contributed by atoms with Crippen molar-refractivity contribution in [3.63, 3.8) is 0 Å². The summed E-state index contributed by atoms with van der Waals surface area (Å²) >= 11 is 0. The molecule has 9 heteroatoms. The predicted octanol–water partition coefficient (Wildman–Crippen LogP) is 2.08. The first-order valence-corrected chi connectivity index (χ1v) is 9.72. The SMILES string of the molecule is CCc1ccccc1NC(=O)CN(C)C(=O)COC(=O)c1ccc(-n2cncn2)cc1. The molecule has 2 amide bonds. The molecule has 0 aliphatic carbocycles. The first-order chi connectivity index (χ1) is 15.0. The Morgan fingerprint density at radius 3 is 2.52 bits per heavy atom. The molecule has 0 unspecified atom stereocenters. The van der Waals surface area contributed by atoms with Crippen LogP contribution in [0.15, 0.2) is 61.2 Å². The van der Waals surface area contributed by atoms with Gasteiger partial charge in [0.1, 0.15) is 12.7 Å². The van der Waals surface area contributed by atoms with E-state index in [1.54, 1.807) is 35.3 Å². The van der Waals surface area contributed by atoms with Crippen LogP contribution in [0.25, 0.3) is 5.69 Å². The Kier molecular flexibility index (Phi) is 7.10. The quantitative estimate of drug-likeness (QED) is 0.558. The maximum atomic E-state index is 12.3. The third kappa shape index (κ3) is 5.75. The van der Waals surface area contributed by atoms with Gasteiger partial charge in [-0.15, -0.1) is 0 Å². The fraction of sp³-hybridized carbons (Fsp3) is 0.227. The number of rotatable bonds is 8. The molecule has 31 heavy (non-hydrogen) atoms. The van der Waals surface area contributed by atoms with Crippen molar-refractivity contribution in [2.75, 3.05) is 25.5 Å². The number of para-hydroxylation sites is 1. The molecule has 1 aromatic heterocycles. The van der Waals surface area contributed by atoms with Gasteiger partial charge >= 0.3 is 5.97 Å². The zero-order valence-corrected chi connectivity index (χ0v) is 17.3. The lowest BCUT2D eigenvalue weighted by molar-refractivity contribution is -0.136. The highest BCUT2D eigenvalue weighted by molar-refractivity contribution is 5.96. The molecule has 3 rings (SSSR count). The van der Waals surface area contributed by atoms with Crippen molar-refractivity contribution in [3.8, 4) is 5.69 Å². The van der Waals surface area contributed by atoms with Gasteiger partial charge in [0.25, 0.3) is 5.91 Å². The van der Waals surface area contributed by atoms with Crippen LogP contribution in [0.2, 0.25) is 0 Å². The third-order valence-electron chi connectivity index (χ3n) is 4.59. The fourth-order valence-electron chi connectivity index (χ4n) is 2.86. The molecule has 9 nitrogen and oxygen atoms in total. The molecule has 0 aliphatic heterocycles. The van der Waals surface area contributed by atoms with E-state index < -0.39 is 18.5 Å². The summed E-state index contributed by atoms with van der Waals surface area (Å²) in [5, 5.41) is 6.81. The Hall–Kier alpha value is -4.01. The number of benzene rings is 2. The number of hydrogen-bond acceptors (Lipinski definition) is 6. The number of carbonyl (C=O) groups excluding carboxylic acids is 3. The molecule has 0 bridgehead atoms. The van der Waals surface area contributed by atoms with Gasteiger partial charge in [0.15, 0.2) is 6.61 Å². The van der Waals surface area contributed by atoms with Crippen LogP contribution in [-0.2, 0) is 20.7 Å². The van der Waals surface area contributed by atoms with Crippen molar-refractivity contribution < 1.29 is 19.1 Å². The third-order valence-corrected chi connectivity index (χ3v) is 4.59. The monoisotopic (exact) mass is 421 g/mol. The summed E-state index contributed by atoms with van der Waals surface area (Å²) in [6, 6.07) is 14.0. The van der Waals surface area contributed by atoms with E-state index in [2.05, 4.69) is 15.4 Å². The van der Waals surface area contributed by atoms with Crippen molar-refractivity contribution in [2.45, 2.75) is 13.3 Å². The van der Waals surface area contributed by atoms with Gasteiger partial charge in [0, 0.05) is 12.7 Å². The Bertz CT molecular complexity index is 1050. The summed E-state index contributed by atoms with van der Waals surface area (Å²) in [5.74, 6) is -1.44. The number of aromatic nitrogens is 3. The molecule has 0 radical (unpaired) electrons. The summed E-state index contributed by atoms with van der Waals surface area (Å²) < 4.78 is 6.63. The molecule has 0 atom stereocenters. The number of carbonyl (C=O) groups is 3. The van der Waals surface area contributed by atoms with Crippen LogP contribution in [0.5, 0.6) is 0 Å². The van der Waals surface area contributed by atoms with Crippen LogP contribution in [0.3, 0.4) is 0 Å². The number of likely N-dealkylation sites (N-methyl/N-ethyl adjacent to an activating group) is 1. The van der Waals surface area contributed by atoms with Crippen LogP contribution in [0.4, 0.5) is 5.69 Å². The molecular formula is C22H23N5O4. The molecule has 0 saturated carbocycles. The lowest BCUT2D eigenvalue weighted by Crippen LogP contribution is -2.37. The minimum atomic E-state index is -0.631. The van der Waals surface area contributed by atoms with E-state index >= 15 is 0 Å². The second-order valence-corrected chi connectivity index (χ2v) is 6.77. The van der Waals surface area contributed by atoms with E-state index in [-0.39, 0.29) is 12.5 Å². The van der Waals surface area contributed by atoms with E-state index in [1.165, 1.54) is 18.3 Å². The van der Waals surface area contributed by atoms with Crippen LogP contribution < -0.4 is 5.32 Å². The van der Waals surface area contributed by atoms with Gasteiger partial charge in [-0.3, -0.25) is 9.59 Å². The fourth-order valence-corrected chi connectivity index (χ4v) is 2.86. The van der Waals surface area contributed by atoms with Gasteiger partial charge in [0.2, 0.25) is 5.91 Å². The maximum Gasteiger partial charge on any atom is 0.338 e. The Labute approximate surface area is 179 Å². The van der Waals surface area contributed by atoms with Crippen molar-refractivity contribution in [2.24, 2.45) is 0 Å². The Morgan fingerprint density at radius 2 is 1.84 bits per heavy atom. The number of hydrogen-bond donors (Lipinski definition) is 1.